The topological polar surface area (TPSA) is 88.2 Å². The van der Waals surface area contributed by atoms with Gasteiger partial charge in [0, 0.05) is 13.0 Å². The van der Waals surface area contributed by atoms with E-state index in [9.17, 15) is 4.79 Å². The first kappa shape index (κ1) is 11.8. The van der Waals surface area contributed by atoms with Gasteiger partial charge >= 0.3 is 5.97 Å². The Hall–Kier alpha value is -1.30. The molecule has 6 nitrogen and oxygen atoms in total. The largest absolute Gasteiger partial charge is 0.468 e. The summed E-state index contributed by atoms with van der Waals surface area (Å²) in [4.78, 5) is 13.4. The van der Waals surface area contributed by atoms with Crippen molar-refractivity contribution >= 4 is 11.8 Å². The molecule has 86 valence electrons. The number of likely N-dealkylation sites (tertiary alicyclic amines) is 1. The minimum Gasteiger partial charge on any atom is -0.468 e. The van der Waals surface area contributed by atoms with Gasteiger partial charge in [-0.2, -0.15) is 0 Å². The van der Waals surface area contributed by atoms with Crippen LogP contribution >= 0.6 is 0 Å². The fourth-order valence-corrected chi connectivity index (χ4v) is 1.80. The van der Waals surface area contributed by atoms with Crippen molar-refractivity contribution in [3.8, 4) is 0 Å². The van der Waals surface area contributed by atoms with Gasteiger partial charge in [0.2, 0.25) is 0 Å². The van der Waals surface area contributed by atoms with Crippen LogP contribution in [0, 0.1) is 0 Å². The fourth-order valence-electron chi connectivity index (χ4n) is 1.80. The quantitative estimate of drug-likeness (QED) is 0.222. The maximum absolute atomic E-state index is 11.4. The average Bonchev–Trinajstić information content (AvgIpc) is 2.72. The third-order valence-corrected chi connectivity index (χ3v) is 2.62. The Labute approximate surface area is 88.7 Å². The molecule has 0 aliphatic carbocycles. The molecule has 3 N–H and O–H groups in total. The molecule has 0 amide bonds. The molecule has 0 aromatic rings. The highest BCUT2D eigenvalue weighted by atomic mass is 16.5. The van der Waals surface area contributed by atoms with Crippen LogP contribution in [-0.4, -0.2) is 48.2 Å². The Balaban J connectivity index is 2.43. The van der Waals surface area contributed by atoms with Gasteiger partial charge in [-0.3, -0.25) is 9.69 Å². The van der Waals surface area contributed by atoms with E-state index in [0.29, 0.717) is 13.0 Å². The van der Waals surface area contributed by atoms with Crippen molar-refractivity contribution in [2.75, 3.05) is 20.2 Å². The van der Waals surface area contributed by atoms with Crippen LogP contribution in [-0.2, 0) is 9.53 Å². The molecule has 6 heteroatoms. The lowest BCUT2D eigenvalue weighted by atomic mass is 10.2. The predicted molar refractivity (Wildman–Crippen MR) is 54.6 cm³/mol. The van der Waals surface area contributed by atoms with E-state index in [1.807, 2.05) is 4.90 Å². The highest BCUT2D eigenvalue weighted by Gasteiger charge is 2.30. The zero-order chi connectivity index (χ0) is 11.3. The van der Waals surface area contributed by atoms with Crippen LogP contribution in [0.15, 0.2) is 5.16 Å². The summed E-state index contributed by atoms with van der Waals surface area (Å²) < 4.78 is 4.71. The monoisotopic (exact) mass is 215 g/mol. The normalized spacial score (nSPS) is 23.0. The minimum absolute atomic E-state index is 0.165. The third kappa shape index (κ3) is 3.09. The van der Waals surface area contributed by atoms with E-state index >= 15 is 0 Å². The molecule has 0 radical (unpaired) electrons. The average molecular weight is 215 g/mol. The van der Waals surface area contributed by atoms with Crippen molar-refractivity contribution < 1.29 is 14.7 Å². The van der Waals surface area contributed by atoms with Gasteiger partial charge in [0.15, 0.2) is 0 Å². The van der Waals surface area contributed by atoms with E-state index in [-0.39, 0.29) is 17.8 Å². The second kappa shape index (κ2) is 5.55. The van der Waals surface area contributed by atoms with Gasteiger partial charge in [0.25, 0.3) is 0 Å². The lowest BCUT2D eigenvalue weighted by Gasteiger charge is -2.21. The summed E-state index contributed by atoms with van der Waals surface area (Å²) in [5.41, 5.74) is 5.36. The molecule has 0 unspecified atom stereocenters. The zero-order valence-electron chi connectivity index (χ0n) is 8.85. The Morgan fingerprint density at radius 3 is 3.07 bits per heavy atom. The number of hydrogen-bond donors (Lipinski definition) is 2. The summed E-state index contributed by atoms with van der Waals surface area (Å²) in [6, 6.07) is -0.165. The SMILES string of the molecule is COC(=O)[C@@H]1CCCN1CC/C(N)=N/O. The molecule has 0 saturated carbocycles. The summed E-state index contributed by atoms with van der Waals surface area (Å²) in [6.07, 6.45) is 2.27. The number of hydrogen-bond acceptors (Lipinski definition) is 5. The first-order valence-corrected chi connectivity index (χ1v) is 4.97. The number of esters is 1. The molecule has 0 aromatic carbocycles. The Morgan fingerprint density at radius 2 is 2.47 bits per heavy atom. The van der Waals surface area contributed by atoms with E-state index in [2.05, 4.69) is 5.16 Å². The van der Waals surface area contributed by atoms with Crippen molar-refractivity contribution in [2.45, 2.75) is 25.3 Å². The molecular weight excluding hydrogens is 198 g/mol. The van der Waals surface area contributed by atoms with E-state index in [1.54, 1.807) is 0 Å². The summed E-state index contributed by atoms with van der Waals surface area (Å²) in [6.45, 7) is 1.48. The van der Waals surface area contributed by atoms with Crippen LogP contribution in [0.25, 0.3) is 0 Å². The zero-order valence-corrected chi connectivity index (χ0v) is 8.85. The lowest BCUT2D eigenvalue weighted by molar-refractivity contribution is -0.145. The molecule has 0 aromatic heterocycles. The van der Waals surface area contributed by atoms with E-state index in [1.165, 1.54) is 7.11 Å². The van der Waals surface area contributed by atoms with Crippen molar-refractivity contribution in [3.63, 3.8) is 0 Å². The summed E-state index contributed by atoms with van der Waals surface area (Å²) in [7, 11) is 1.39. The summed E-state index contributed by atoms with van der Waals surface area (Å²) in [5.74, 6) is -0.0162. The molecule has 0 bridgehead atoms. The molecule has 1 aliphatic heterocycles. The second-order valence-electron chi connectivity index (χ2n) is 3.56. The molecule has 15 heavy (non-hydrogen) atoms. The minimum atomic E-state index is -0.202. The number of methoxy groups -OCH3 is 1. The molecular formula is C9H17N3O3. The number of oxime groups is 1. The second-order valence-corrected chi connectivity index (χ2v) is 3.56. The summed E-state index contributed by atoms with van der Waals surface area (Å²) in [5, 5.41) is 11.3. The Kier molecular flexibility index (Phi) is 4.36. The van der Waals surface area contributed by atoms with Crippen molar-refractivity contribution in [1.29, 1.82) is 0 Å². The number of rotatable bonds is 4. The van der Waals surface area contributed by atoms with Crippen LogP contribution in [0.3, 0.4) is 0 Å². The standard InChI is InChI=1S/C9H17N3O3/c1-15-9(13)7-3-2-5-12(7)6-4-8(10)11-14/h7,14H,2-6H2,1H3,(H2,10,11)/t7-/m0/s1. The molecule has 1 atom stereocenters. The molecule has 1 heterocycles. The highest BCUT2D eigenvalue weighted by molar-refractivity contribution is 5.80. The molecule has 1 saturated heterocycles. The van der Waals surface area contributed by atoms with E-state index in [4.69, 9.17) is 15.7 Å². The van der Waals surface area contributed by atoms with Crippen molar-refractivity contribution in [3.05, 3.63) is 0 Å². The molecule has 0 spiro atoms. The van der Waals surface area contributed by atoms with Gasteiger partial charge in [-0.15, -0.1) is 0 Å². The third-order valence-electron chi connectivity index (χ3n) is 2.62. The lowest BCUT2D eigenvalue weighted by Crippen LogP contribution is -2.38. The van der Waals surface area contributed by atoms with Crippen molar-refractivity contribution in [1.82, 2.24) is 4.90 Å². The number of carbonyl (C=O) groups excluding carboxylic acids is 1. The van der Waals surface area contributed by atoms with Crippen LogP contribution < -0.4 is 5.73 Å². The van der Waals surface area contributed by atoms with Gasteiger partial charge in [-0.1, -0.05) is 5.16 Å². The maximum Gasteiger partial charge on any atom is 0.323 e. The Morgan fingerprint density at radius 1 is 1.73 bits per heavy atom. The molecule has 1 aliphatic rings. The smallest absolute Gasteiger partial charge is 0.323 e. The van der Waals surface area contributed by atoms with Gasteiger partial charge < -0.3 is 15.7 Å². The van der Waals surface area contributed by atoms with Crippen LogP contribution in [0.1, 0.15) is 19.3 Å². The predicted octanol–water partition coefficient (Wildman–Crippen LogP) is -0.240. The van der Waals surface area contributed by atoms with Gasteiger partial charge in [-0.05, 0) is 19.4 Å². The Bertz CT molecular complexity index is 255. The van der Waals surface area contributed by atoms with E-state index in [0.717, 1.165) is 19.4 Å². The van der Waals surface area contributed by atoms with E-state index < -0.39 is 0 Å². The number of nitrogens with zero attached hydrogens (tertiary/aromatic N) is 2. The fraction of sp³-hybridized carbons (Fsp3) is 0.778. The van der Waals surface area contributed by atoms with Gasteiger partial charge in [0.05, 0.1) is 7.11 Å². The van der Waals surface area contributed by atoms with Crippen LogP contribution in [0.5, 0.6) is 0 Å². The molecule has 1 rings (SSSR count). The van der Waals surface area contributed by atoms with Crippen LogP contribution in [0.4, 0.5) is 0 Å². The highest BCUT2D eigenvalue weighted by Crippen LogP contribution is 2.18. The van der Waals surface area contributed by atoms with Crippen LogP contribution in [0.2, 0.25) is 0 Å². The first-order chi connectivity index (χ1) is 7.19. The van der Waals surface area contributed by atoms with Gasteiger partial charge in [0.1, 0.15) is 11.9 Å². The number of ether oxygens (including phenoxy) is 1. The van der Waals surface area contributed by atoms with Crippen molar-refractivity contribution in [2.24, 2.45) is 10.9 Å². The number of nitrogens with two attached hydrogens (primary N) is 1. The first-order valence-electron chi connectivity index (χ1n) is 4.97. The van der Waals surface area contributed by atoms with Gasteiger partial charge in [-0.25, -0.2) is 0 Å². The number of carbonyl (C=O) groups is 1. The maximum atomic E-state index is 11.4. The number of amidine groups is 1. The summed E-state index contributed by atoms with van der Waals surface area (Å²) >= 11 is 0. The molecule has 1 fully saturated rings.